The minimum atomic E-state index is -1.00. The molecule has 0 unspecified atom stereocenters. The lowest BCUT2D eigenvalue weighted by atomic mass is 10.1. The molecule has 0 saturated carbocycles. The summed E-state index contributed by atoms with van der Waals surface area (Å²) in [6, 6.07) is 9.23. The van der Waals surface area contributed by atoms with Gasteiger partial charge in [0.2, 0.25) is 0 Å². The second-order valence-corrected chi connectivity index (χ2v) is 4.07. The molecule has 0 radical (unpaired) electrons. The van der Waals surface area contributed by atoms with Gasteiger partial charge >= 0.3 is 5.97 Å². The first-order valence-electron chi connectivity index (χ1n) is 4.28. The van der Waals surface area contributed by atoms with Gasteiger partial charge in [-0.05, 0) is 16.8 Å². The van der Waals surface area contributed by atoms with Crippen LogP contribution in [-0.4, -0.2) is 11.1 Å². The van der Waals surface area contributed by atoms with Crippen molar-refractivity contribution < 1.29 is 9.90 Å². The molecule has 76 valence electrons. The smallest absolute Gasteiger partial charge is 0.337 e. The van der Waals surface area contributed by atoms with E-state index in [2.05, 4.69) is 25.3 Å². The van der Waals surface area contributed by atoms with E-state index in [1.807, 2.05) is 24.3 Å². The van der Waals surface area contributed by atoms with Crippen LogP contribution in [0.15, 0.2) is 40.1 Å². The number of carboxylic acids is 1. The summed E-state index contributed by atoms with van der Waals surface area (Å²) in [6.07, 6.45) is 0. The Hall–Kier alpha value is -1.13. The summed E-state index contributed by atoms with van der Waals surface area (Å²) in [4.78, 5) is 11.9. The summed E-state index contributed by atoms with van der Waals surface area (Å²) in [6.45, 7) is 0. The lowest BCUT2D eigenvalue weighted by Gasteiger charge is -2.07. The van der Waals surface area contributed by atoms with Crippen molar-refractivity contribution >= 4 is 42.0 Å². The number of aromatic carboxylic acids is 1. The quantitative estimate of drug-likeness (QED) is 0.665. The van der Waals surface area contributed by atoms with Crippen LogP contribution < -0.4 is 0 Å². The van der Waals surface area contributed by atoms with Gasteiger partial charge in [0.05, 0.1) is 5.56 Å². The first kappa shape index (κ1) is 10.4. The first-order valence-corrected chi connectivity index (χ1v) is 5.17. The van der Waals surface area contributed by atoms with Crippen molar-refractivity contribution in [2.45, 2.75) is 9.79 Å². The van der Waals surface area contributed by atoms with Gasteiger partial charge in [0.15, 0.2) is 0 Å². The highest BCUT2D eigenvalue weighted by atomic mass is 32.1. The number of carboxylic acid groups (broad SMARTS) is 1. The molecule has 0 atom stereocenters. The molecule has 0 aliphatic heterocycles. The monoisotopic (exact) mass is 236 g/mol. The van der Waals surface area contributed by atoms with Crippen LogP contribution >= 0.6 is 25.3 Å². The highest BCUT2D eigenvalue weighted by molar-refractivity contribution is 7.81. The third-order valence-corrected chi connectivity index (χ3v) is 3.03. The molecular formula is C11H8O2S2. The summed E-state index contributed by atoms with van der Waals surface area (Å²) in [5.41, 5.74) is 0.153. The second-order valence-electron chi connectivity index (χ2n) is 3.15. The lowest BCUT2D eigenvalue weighted by molar-refractivity contribution is 0.0689. The van der Waals surface area contributed by atoms with E-state index in [1.165, 1.54) is 0 Å². The van der Waals surface area contributed by atoms with E-state index in [1.54, 1.807) is 6.07 Å². The molecule has 0 aliphatic carbocycles. The fourth-order valence-electron chi connectivity index (χ4n) is 1.52. The third kappa shape index (κ3) is 1.70. The Bertz CT molecular complexity index is 550. The van der Waals surface area contributed by atoms with Gasteiger partial charge < -0.3 is 5.11 Å². The maximum Gasteiger partial charge on any atom is 0.337 e. The molecule has 0 heterocycles. The molecule has 2 nitrogen and oxygen atoms in total. The molecule has 0 saturated heterocycles. The van der Waals surface area contributed by atoms with Gasteiger partial charge in [0, 0.05) is 9.79 Å². The Balaban J connectivity index is 2.90. The third-order valence-electron chi connectivity index (χ3n) is 2.21. The van der Waals surface area contributed by atoms with Gasteiger partial charge in [-0.2, -0.15) is 0 Å². The fourth-order valence-corrected chi connectivity index (χ4v) is 2.38. The van der Waals surface area contributed by atoms with Crippen molar-refractivity contribution in [3.63, 3.8) is 0 Å². The van der Waals surface area contributed by atoms with Gasteiger partial charge in [-0.3, -0.25) is 0 Å². The molecule has 15 heavy (non-hydrogen) atoms. The number of carbonyl (C=O) groups is 1. The number of fused-ring (bicyclic) bond motifs is 1. The normalized spacial score (nSPS) is 10.5. The maximum absolute atomic E-state index is 11.0. The zero-order chi connectivity index (χ0) is 11.0. The minimum Gasteiger partial charge on any atom is -0.478 e. The molecule has 2 aromatic carbocycles. The largest absolute Gasteiger partial charge is 0.478 e. The molecule has 0 amide bonds. The van der Waals surface area contributed by atoms with Crippen LogP contribution in [-0.2, 0) is 0 Å². The molecule has 0 fully saturated rings. The molecule has 0 spiro atoms. The summed E-state index contributed by atoms with van der Waals surface area (Å²) in [5, 5.41) is 10.8. The summed E-state index contributed by atoms with van der Waals surface area (Å²) in [7, 11) is 0. The van der Waals surface area contributed by atoms with Crippen molar-refractivity contribution in [3.05, 3.63) is 35.9 Å². The number of rotatable bonds is 1. The van der Waals surface area contributed by atoms with Gasteiger partial charge in [0.1, 0.15) is 0 Å². The lowest BCUT2D eigenvalue weighted by Crippen LogP contribution is -2.00. The highest BCUT2D eigenvalue weighted by Gasteiger charge is 2.14. The summed E-state index contributed by atoms with van der Waals surface area (Å²) < 4.78 is 0. The van der Waals surface area contributed by atoms with Gasteiger partial charge in [-0.25, -0.2) is 4.79 Å². The molecule has 4 heteroatoms. The Morgan fingerprint density at radius 2 is 1.87 bits per heavy atom. The van der Waals surface area contributed by atoms with E-state index in [9.17, 15) is 4.79 Å². The first-order chi connectivity index (χ1) is 7.11. The molecular weight excluding hydrogens is 228 g/mol. The van der Waals surface area contributed by atoms with Crippen LogP contribution in [0.5, 0.6) is 0 Å². The Kier molecular flexibility index (Phi) is 2.63. The van der Waals surface area contributed by atoms with E-state index in [0.717, 1.165) is 10.8 Å². The molecule has 1 N–H and O–H groups in total. The van der Waals surface area contributed by atoms with Crippen LogP contribution in [0.2, 0.25) is 0 Å². The molecule has 2 aromatic rings. The minimum absolute atomic E-state index is 0.153. The van der Waals surface area contributed by atoms with E-state index < -0.39 is 5.97 Å². The van der Waals surface area contributed by atoms with Crippen LogP contribution in [0, 0.1) is 0 Å². The Labute approximate surface area is 97.7 Å². The zero-order valence-electron chi connectivity index (χ0n) is 7.64. The van der Waals surface area contributed by atoms with Crippen molar-refractivity contribution in [3.8, 4) is 0 Å². The van der Waals surface area contributed by atoms with E-state index in [0.29, 0.717) is 9.79 Å². The van der Waals surface area contributed by atoms with Crippen molar-refractivity contribution in [2.75, 3.05) is 0 Å². The highest BCUT2D eigenvalue weighted by Crippen LogP contribution is 2.30. The number of hydrogen-bond acceptors (Lipinski definition) is 3. The molecule has 0 aromatic heterocycles. The van der Waals surface area contributed by atoms with Crippen molar-refractivity contribution in [1.29, 1.82) is 0 Å². The van der Waals surface area contributed by atoms with Gasteiger partial charge in [-0.15, -0.1) is 25.3 Å². The predicted octanol–water partition coefficient (Wildman–Crippen LogP) is 3.12. The van der Waals surface area contributed by atoms with Crippen LogP contribution in [0.4, 0.5) is 0 Å². The summed E-state index contributed by atoms with van der Waals surface area (Å²) in [5.74, 6) is -1.00. The number of benzene rings is 2. The standard InChI is InChI=1S/C11H8O2S2/c12-11(13)9-8(14)5-6-3-1-2-4-7(6)10(9)15/h1-5,14-15H,(H,12,13). The number of thiol groups is 2. The summed E-state index contributed by atoms with van der Waals surface area (Å²) >= 11 is 8.40. The average molecular weight is 236 g/mol. The van der Waals surface area contributed by atoms with Crippen molar-refractivity contribution in [2.24, 2.45) is 0 Å². The van der Waals surface area contributed by atoms with E-state index in [4.69, 9.17) is 5.11 Å². The molecule has 0 aliphatic rings. The van der Waals surface area contributed by atoms with Crippen LogP contribution in [0.25, 0.3) is 10.8 Å². The Morgan fingerprint density at radius 1 is 1.20 bits per heavy atom. The molecule has 0 bridgehead atoms. The SMILES string of the molecule is O=C(O)c1c(S)cc2ccccc2c1S. The molecule has 2 rings (SSSR count). The Morgan fingerprint density at radius 3 is 2.53 bits per heavy atom. The van der Waals surface area contributed by atoms with Crippen molar-refractivity contribution in [1.82, 2.24) is 0 Å². The van der Waals surface area contributed by atoms with Gasteiger partial charge in [0.25, 0.3) is 0 Å². The van der Waals surface area contributed by atoms with Crippen LogP contribution in [0.3, 0.4) is 0 Å². The topological polar surface area (TPSA) is 37.3 Å². The van der Waals surface area contributed by atoms with Gasteiger partial charge in [-0.1, -0.05) is 24.3 Å². The maximum atomic E-state index is 11.0. The number of hydrogen-bond donors (Lipinski definition) is 3. The zero-order valence-corrected chi connectivity index (χ0v) is 9.43. The van der Waals surface area contributed by atoms with Crippen LogP contribution in [0.1, 0.15) is 10.4 Å². The fraction of sp³-hybridized carbons (Fsp3) is 0. The van der Waals surface area contributed by atoms with E-state index >= 15 is 0 Å². The average Bonchev–Trinajstić information content (AvgIpc) is 2.17. The predicted molar refractivity (Wildman–Crippen MR) is 65.4 cm³/mol. The van der Waals surface area contributed by atoms with E-state index in [-0.39, 0.29) is 5.56 Å². The second kappa shape index (κ2) is 3.79.